The van der Waals surface area contributed by atoms with Crippen LogP contribution in [0.1, 0.15) is 0 Å². The van der Waals surface area contributed by atoms with Gasteiger partial charge in [0.05, 0.1) is 31.8 Å². The molecule has 0 saturated heterocycles. The van der Waals surface area contributed by atoms with E-state index in [0.29, 0.717) is 12.1 Å². The Morgan fingerprint density at radius 1 is 0.600 bits per heavy atom. The number of rotatable bonds is 6. The van der Waals surface area contributed by atoms with Gasteiger partial charge in [0, 0.05) is 12.1 Å². The summed E-state index contributed by atoms with van der Waals surface area (Å²) in [6.07, 6.45) is 0. The predicted molar refractivity (Wildman–Crippen MR) is 81.0 cm³/mol. The van der Waals surface area contributed by atoms with Crippen LogP contribution in [0.5, 0.6) is 0 Å². The van der Waals surface area contributed by atoms with Crippen LogP contribution in [0.4, 0.5) is 34.1 Å². The molecule has 13 nitrogen and oxygen atoms in total. The third-order valence-electron chi connectivity index (χ3n) is 2.97. The third-order valence-corrected chi connectivity index (χ3v) is 2.97. The molecule has 0 spiro atoms. The summed E-state index contributed by atoms with van der Waals surface area (Å²) in [5, 5.41) is 47.2. The second kappa shape index (κ2) is 6.53. The average Bonchev–Trinajstić information content (AvgIpc) is 2.54. The van der Waals surface area contributed by atoms with Gasteiger partial charge in [-0.2, -0.15) is 0 Å². The van der Waals surface area contributed by atoms with Gasteiger partial charge in [-0.1, -0.05) is 0 Å². The molecule has 0 aromatic heterocycles. The SMILES string of the molecule is O=[N+]([O-])c1ccc([N]c2ccc([N+](=O)[O-])cc2[N+](=O)[O-])c([N+](=O)[O-])c1. The van der Waals surface area contributed by atoms with Crippen molar-refractivity contribution in [1.29, 1.82) is 0 Å². The molecule has 127 valence electrons. The van der Waals surface area contributed by atoms with E-state index in [1.807, 2.05) is 0 Å². The van der Waals surface area contributed by atoms with Gasteiger partial charge < -0.3 is 0 Å². The highest BCUT2D eigenvalue weighted by Gasteiger charge is 2.25. The summed E-state index contributed by atoms with van der Waals surface area (Å²) in [5.41, 5.74) is -3.31. The molecular weight excluding hydrogens is 342 g/mol. The smallest absolute Gasteiger partial charge is 0.258 e. The van der Waals surface area contributed by atoms with Crippen molar-refractivity contribution in [1.82, 2.24) is 5.32 Å². The van der Waals surface area contributed by atoms with Crippen LogP contribution < -0.4 is 5.32 Å². The number of hydrogen-bond acceptors (Lipinski definition) is 8. The lowest BCUT2D eigenvalue weighted by molar-refractivity contribution is -0.394. The Morgan fingerprint density at radius 3 is 1.24 bits per heavy atom. The molecule has 0 atom stereocenters. The average molecular weight is 348 g/mol. The minimum atomic E-state index is -0.928. The third kappa shape index (κ3) is 3.61. The lowest BCUT2D eigenvalue weighted by Gasteiger charge is -2.05. The van der Waals surface area contributed by atoms with Crippen LogP contribution in [0, 0.1) is 40.5 Å². The Balaban J connectivity index is 2.52. The van der Waals surface area contributed by atoms with Crippen molar-refractivity contribution in [2.24, 2.45) is 0 Å². The zero-order valence-electron chi connectivity index (χ0n) is 12.0. The molecule has 2 rings (SSSR count). The van der Waals surface area contributed by atoms with Crippen LogP contribution in [0.25, 0.3) is 0 Å². The van der Waals surface area contributed by atoms with Crippen molar-refractivity contribution in [3.8, 4) is 0 Å². The van der Waals surface area contributed by atoms with Crippen LogP contribution in [-0.4, -0.2) is 19.7 Å². The van der Waals surface area contributed by atoms with Gasteiger partial charge in [-0.05, 0) is 12.1 Å². The first kappa shape index (κ1) is 17.2. The fourth-order valence-electron chi connectivity index (χ4n) is 1.86. The molecule has 0 heterocycles. The molecule has 0 amide bonds. The van der Waals surface area contributed by atoms with E-state index in [0.717, 1.165) is 24.3 Å². The normalized spacial score (nSPS) is 10.1. The lowest BCUT2D eigenvalue weighted by atomic mass is 10.2. The van der Waals surface area contributed by atoms with Gasteiger partial charge in [-0.15, -0.1) is 0 Å². The van der Waals surface area contributed by atoms with Gasteiger partial charge in [-0.25, -0.2) is 5.32 Å². The monoisotopic (exact) mass is 348 g/mol. The first-order chi connectivity index (χ1) is 11.7. The summed E-state index contributed by atoms with van der Waals surface area (Å²) >= 11 is 0. The molecular formula is C12H6N5O8. The first-order valence-corrected chi connectivity index (χ1v) is 6.28. The zero-order chi connectivity index (χ0) is 18.7. The summed E-state index contributed by atoms with van der Waals surface area (Å²) < 4.78 is 0. The molecule has 1 radical (unpaired) electrons. The quantitative estimate of drug-likeness (QED) is 0.562. The molecule has 0 fully saturated rings. The molecule has 0 unspecified atom stereocenters. The largest absolute Gasteiger partial charge is 0.301 e. The highest BCUT2D eigenvalue weighted by atomic mass is 16.6. The molecule has 0 aliphatic carbocycles. The van der Waals surface area contributed by atoms with Crippen molar-refractivity contribution >= 4 is 34.1 Å². The summed E-state index contributed by atoms with van der Waals surface area (Å²) in [4.78, 5) is 39.9. The summed E-state index contributed by atoms with van der Waals surface area (Å²) in [6.45, 7) is 0. The maximum absolute atomic E-state index is 11.0. The topological polar surface area (TPSA) is 187 Å². The minimum Gasteiger partial charge on any atom is -0.258 e. The Morgan fingerprint density at radius 2 is 0.960 bits per heavy atom. The van der Waals surface area contributed by atoms with Gasteiger partial charge in [0.25, 0.3) is 11.4 Å². The first-order valence-electron chi connectivity index (χ1n) is 6.28. The fraction of sp³-hybridized carbons (Fsp3) is 0. The molecule has 2 aromatic carbocycles. The predicted octanol–water partition coefficient (Wildman–Crippen LogP) is 2.89. The Kier molecular flexibility index (Phi) is 4.49. The van der Waals surface area contributed by atoms with Gasteiger partial charge >= 0.3 is 11.4 Å². The van der Waals surface area contributed by atoms with Gasteiger partial charge in [0.1, 0.15) is 11.4 Å². The number of nitro benzene ring substituents is 4. The molecule has 0 aliphatic rings. The van der Waals surface area contributed by atoms with Crippen LogP contribution in [0.3, 0.4) is 0 Å². The number of nitro groups is 4. The summed E-state index contributed by atoms with van der Waals surface area (Å²) in [5.74, 6) is 0. The van der Waals surface area contributed by atoms with Crippen molar-refractivity contribution in [2.75, 3.05) is 0 Å². The summed E-state index contributed by atoms with van der Waals surface area (Å²) in [7, 11) is 0. The van der Waals surface area contributed by atoms with E-state index in [1.54, 1.807) is 0 Å². The van der Waals surface area contributed by atoms with Gasteiger partial charge in [0.15, 0.2) is 0 Å². The van der Waals surface area contributed by atoms with E-state index in [9.17, 15) is 40.5 Å². The van der Waals surface area contributed by atoms with Crippen molar-refractivity contribution in [3.05, 3.63) is 76.9 Å². The highest BCUT2D eigenvalue weighted by Crippen LogP contribution is 2.36. The molecule has 0 N–H and O–H groups in total. The van der Waals surface area contributed by atoms with Gasteiger partial charge in [0.2, 0.25) is 0 Å². The Bertz CT molecular complexity index is 839. The molecule has 0 aliphatic heterocycles. The van der Waals surface area contributed by atoms with Crippen molar-refractivity contribution < 1.29 is 19.7 Å². The maximum Gasteiger partial charge on any atom is 0.301 e. The van der Waals surface area contributed by atoms with E-state index in [2.05, 4.69) is 5.32 Å². The number of hydrogen-bond donors (Lipinski definition) is 0. The highest BCUT2D eigenvalue weighted by molar-refractivity contribution is 5.70. The van der Waals surface area contributed by atoms with E-state index >= 15 is 0 Å². The minimum absolute atomic E-state index is 0.368. The fourth-order valence-corrected chi connectivity index (χ4v) is 1.86. The van der Waals surface area contributed by atoms with Crippen molar-refractivity contribution in [2.45, 2.75) is 0 Å². The van der Waals surface area contributed by atoms with Crippen LogP contribution >= 0.6 is 0 Å². The van der Waals surface area contributed by atoms with E-state index in [1.165, 1.54) is 0 Å². The Hall–Kier alpha value is -4.16. The second-order valence-corrected chi connectivity index (χ2v) is 4.49. The van der Waals surface area contributed by atoms with E-state index < -0.39 is 42.4 Å². The second-order valence-electron chi connectivity index (χ2n) is 4.49. The van der Waals surface area contributed by atoms with Crippen LogP contribution in [0.15, 0.2) is 36.4 Å². The maximum atomic E-state index is 11.0. The molecule has 0 bridgehead atoms. The van der Waals surface area contributed by atoms with Gasteiger partial charge in [-0.3, -0.25) is 40.5 Å². The van der Waals surface area contributed by atoms with Crippen LogP contribution in [0.2, 0.25) is 0 Å². The van der Waals surface area contributed by atoms with E-state index in [-0.39, 0.29) is 11.4 Å². The van der Waals surface area contributed by atoms with Crippen LogP contribution in [-0.2, 0) is 0 Å². The summed E-state index contributed by atoms with van der Waals surface area (Å²) in [6, 6.07) is 5.14. The zero-order valence-corrected chi connectivity index (χ0v) is 12.0. The molecule has 2 aromatic rings. The molecule has 0 saturated carbocycles. The molecule has 13 heteroatoms. The van der Waals surface area contributed by atoms with Crippen molar-refractivity contribution in [3.63, 3.8) is 0 Å². The van der Waals surface area contributed by atoms with E-state index in [4.69, 9.17) is 0 Å². The lowest BCUT2D eigenvalue weighted by Crippen LogP contribution is -2.01. The molecule has 25 heavy (non-hydrogen) atoms. The Labute approximate surface area is 137 Å². The standard InChI is InChI=1S/C12H6N5O8/c18-14(19)7-1-3-9(11(5-7)16(22)23)13-10-4-2-8(15(20)21)6-12(10)17(24)25/h1-6H. The number of non-ortho nitro benzene ring substituents is 2. The number of benzene rings is 2. The number of nitrogens with zero attached hydrogens (tertiary/aromatic N) is 5.